The number of likely N-dealkylation sites (N-methyl/N-ethyl adjacent to an activating group) is 1. The first-order chi connectivity index (χ1) is 13.6. The second-order valence-electron chi connectivity index (χ2n) is 6.78. The number of rotatable bonds is 4. The van der Waals surface area contributed by atoms with Gasteiger partial charge in [0.15, 0.2) is 5.76 Å². The van der Waals surface area contributed by atoms with Crippen LogP contribution in [0, 0.1) is 0 Å². The van der Waals surface area contributed by atoms with Gasteiger partial charge in [0, 0.05) is 19.6 Å². The van der Waals surface area contributed by atoms with E-state index in [1.165, 1.54) is 17.6 Å². The molecule has 0 aliphatic carbocycles. The summed E-state index contributed by atoms with van der Waals surface area (Å²) in [7, 11) is 2.07. The summed E-state index contributed by atoms with van der Waals surface area (Å²) in [6.45, 7) is 2.30. The minimum Gasteiger partial charge on any atom is -0.459 e. The van der Waals surface area contributed by atoms with Gasteiger partial charge in [-0.1, -0.05) is 30.3 Å². The number of thiophene rings is 1. The fourth-order valence-corrected chi connectivity index (χ4v) is 4.22. The number of carbonyl (C=O) groups is 2. The number of benzene rings is 1. The first-order valence-corrected chi connectivity index (χ1v) is 9.92. The Labute approximate surface area is 167 Å². The number of nitrogens with one attached hydrogen (secondary N) is 1. The Morgan fingerprint density at radius 3 is 2.64 bits per heavy atom. The standard InChI is InChI=1S/C21H21N3O3S/c1-23-11-12-24(16(14-23)15-6-3-2-4-7-15)21(26)18-9-10-19(28-18)22-20(25)17-8-5-13-27-17/h2-10,13,16H,11-12,14H2,1H3,(H,22,25). The van der Waals surface area contributed by atoms with Crippen LogP contribution in [0.1, 0.15) is 31.8 Å². The summed E-state index contributed by atoms with van der Waals surface area (Å²) in [4.78, 5) is 30.1. The van der Waals surface area contributed by atoms with Crippen molar-refractivity contribution >= 4 is 28.2 Å². The van der Waals surface area contributed by atoms with E-state index in [0.717, 1.165) is 18.7 Å². The smallest absolute Gasteiger partial charge is 0.291 e. The summed E-state index contributed by atoms with van der Waals surface area (Å²) in [6.07, 6.45) is 1.45. The number of carbonyl (C=O) groups excluding carboxylic acids is 2. The zero-order valence-electron chi connectivity index (χ0n) is 15.5. The molecule has 4 rings (SSSR count). The maximum Gasteiger partial charge on any atom is 0.291 e. The molecule has 3 aromatic rings. The normalized spacial score (nSPS) is 17.5. The number of hydrogen-bond acceptors (Lipinski definition) is 5. The molecule has 0 saturated carbocycles. The van der Waals surface area contributed by atoms with E-state index in [9.17, 15) is 9.59 Å². The molecular weight excluding hydrogens is 374 g/mol. The van der Waals surface area contributed by atoms with E-state index in [2.05, 4.69) is 29.4 Å². The Kier molecular flexibility index (Phi) is 5.27. The zero-order chi connectivity index (χ0) is 19.5. The quantitative estimate of drug-likeness (QED) is 0.731. The van der Waals surface area contributed by atoms with Crippen molar-refractivity contribution in [2.45, 2.75) is 6.04 Å². The fourth-order valence-electron chi connectivity index (χ4n) is 3.37. The minimum absolute atomic E-state index is 0.00884. The van der Waals surface area contributed by atoms with E-state index in [1.54, 1.807) is 24.3 Å². The molecule has 1 unspecified atom stereocenters. The molecule has 1 saturated heterocycles. The average Bonchev–Trinajstić information content (AvgIpc) is 3.40. The Morgan fingerprint density at radius 1 is 1.07 bits per heavy atom. The maximum absolute atomic E-state index is 13.2. The van der Waals surface area contributed by atoms with Crippen molar-refractivity contribution in [3.8, 4) is 0 Å². The topological polar surface area (TPSA) is 65.8 Å². The fraction of sp³-hybridized carbons (Fsp3) is 0.238. The third-order valence-corrected chi connectivity index (χ3v) is 5.82. The Balaban J connectivity index is 1.51. The summed E-state index contributed by atoms with van der Waals surface area (Å²) < 4.78 is 5.10. The van der Waals surface area contributed by atoms with Gasteiger partial charge in [-0.25, -0.2) is 0 Å². The van der Waals surface area contributed by atoms with Crippen LogP contribution in [0.2, 0.25) is 0 Å². The van der Waals surface area contributed by atoms with E-state index >= 15 is 0 Å². The monoisotopic (exact) mass is 395 g/mol. The molecule has 2 amide bonds. The molecule has 1 N–H and O–H groups in total. The summed E-state index contributed by atoms with van der Waals surface area (Å²) >= 11 is 1.28. The molecule has 1 aliphatic heterocycles. The van der Waals surface area contributed by atoms with Gasteiger partial charge in [0.2, 0.25) is 0 Å². The molecule has 1 fully saturated rings. The summed E-state index contributed by atoms with van der Waals surface area (Å²) in [5.41, 5.74) is 1.13. The molecule has 1 aliphatic rings. The van der Waals surface area contributed by atoms with E-state index in [4.69, 9.17) is 4.42 Å². The molecule has 3 heterocycles. The van der Waals surface area contributed by atoms with Gasteiger partial charge < -0.3 is 19.5 Å². The van der Waals surface area contributed by atoms with Crippen molar-refractivity contribution in [2.24, 2.45) is 0 Å². The predicted molar refractivity (Wildman–Crippen MR) is 109 cm³/mol. The van der Waals surface area contributed by atoms with E-state index in [1.807, 2.05) is 23.1 Å². The molecule has 0 radical (unpaired) electrons. The van der Waals surface area contributed by atoms with Crippen molar-refractivity contribution in [3.63, 3.8) is 0 Å². The molecule has 144 valence electrons. The lowest BCUT2D eigenvalue weighted by molar-refractivity contribution is 0.0502. The molecule has 0 bridgehead atoms. The van der Waals surface area contributed by atoms with Crippen LogP contribution in [0.3, 0.4) is 0 Å². The minimum atomic E-state index is -0.326. The number of nitrogens with zero attached hydrogens (tertiary/aromatic N) is 2. The molecular formula is C21H21N3O3S. The predicted octanol–water partition coefficient (Wildman–Crippen LogP) is 3.72. The van der Waals surface area contributed by atoms with Gasteiger partial charge in [-0.05, 0) is 36.9 Å². The lowest BCUT2D eigenvalue weighted by Crippen LogP contribution is -2.49. The van der Waals surface area contributed by atoms with Crippen LogP contribution < -0.4 is 5.32 Å². The van der Waals surface area contributed by atoms with Gasteiger partial charge in [0.1, 0.15) is 0 Å². The van der Waals surface area contributed by atoms with Crippen LogP contribution in [0.25, 0.3) is 0 Å². The highest BCUT2D eigenvalue weighted by Gasteiger charge is 2.31. The number of hydrogen-bond donors (Lipinski definition) is 1. The number of furan rings is 1. The SMILES string of the molecule is CN1CCN(C(=O)c2ccc(NC(=O)c3ccco3)s2)C(c2ccccc2)C1. The van der Waals surface area contributed by atoms with Gasteiger partial charge in [-0.15, -0.1) is 11.3 Å². The van der Waals surface area contributed by atoms with Crippen molar-refractivity contribution in [3.05, 3.63) is 77.1 Å². The molecule has 1 aromatic carbocycles. The highest BCUT2D eigenvalue weighted by atomic mass is 32.1. The molecule has 28 heavy (non-hydrogen) atoms. The molecule has 0 spiro atoms. The van der Waals surface area contributed by atoms with Crippen molar-refractivity contribution in [1.29, 1.82) is 0 Å². The Morgan fingerprint density at radius 2 is 1.89 bits per heavy atom. The van der Waals surface area contributed by atoms with Gasteiger partial charge in [-0.3, -0.25) is 9.59 Å². The number of amides is 2. The molecule has 7 heteroatoms. The third kappa shape index (κ3) is 3.85. The first-order valence-electron chi connectivity index (χ1n) is 9.11. The van der Waals surface area contributed by atoms with E-state index < -0.39 is 0 Å². The van der Waals surface area contributed by atoms with Crippen LogP contribution in [0.4, 0.5) is 5.00 Å². The van der Waals surface area contributed by atoms with Crippen LogP contribution in [-0.2, 0) is 0 Å². The van der Waals surface area contributed by atoms with E-state index in [-0.39, 0.29) is 23.6 Å². The van der Waals surface area contributed by atoms with Crippen molar-refractivity contribution in [1.82, 2.24) is 9.80 Å². The van der Waals surface area contributed by atoms with Gasteiger partial charge in [0.05, 0.1) is 22.2 Å². The summed E-state index contributed by atoms with van der Waals surface area (Å²) in [5.74, 6) is -0.0949. The maximum atomic E-state index is 13.2. The number of anilines is 1. The number of piperazine rings is 1. The first kappa shape index (κ1) is 18.5. The van der Waals surface area contributed by atoms with Crippen LogP contribution in [-0.4, -0.2) is 48.3 Å². The highest BCUT2D eigenvalue weighted by molar-refractivity contribution is 7.18. The van der Waals surface area contributed by atoms with Crippen LogP contribution in [0.15, 0.2) is 65.3 Å². The highest BCUT2D eigenvalue weighted by Crippen LogP contribution is 2.30. The Bertz CT molecular complexity index is 952. The van der Waals surface area contributed by atoms with Gasteiger partial charge >= 0.3 is 0 Å². The second-order valence-corrected chi connectivity index (χ2v) is 7.87. The van der Waals surface area contributed by atoms with Gasteiger partial charge in [-0.2, -0.15) is 0 Å². The second kappa shape index (κ2) is 8.00. The average molecular weight is 395 g/mol. The molecule has 2 aromatic heterocycles. The largest absolute Gasteiger partial charge is 0.459 e. The third-order valence-electron chi connectivity index (χ3n) is 4.83. The lowest BCUT2D eigenvalue weighted by Gasteiger charge is -2.40. The summed E-state index contributed by atoms with van der Waals surface area (Å²) in [5, 5.41) is 3.40. The zero-order valence-corrected chi connectivity index (χ0v) is 16.3. The lowest BCUT2D eigenvalue weighted by atomic mass is 10.0. The van der Waals surface area contributed by atoms with Crippen LogP contribution in [0.5, 0.6) is 0 Å². The van der Waals surface area contributed by atoms with Gasteiger partial charge in [0.25, 0.3) is 11.8 Å². The molecule has 6 nitrogen and oxygen atoms in total. The Hall–Kier alpha value is -2.90. The van der Waals surface area contributed by atoms with Crippen molar-refractivity contribution in [2.75, 3.05) is 32.0 Å². The summed E-state index contributed by atoms with van der Waals surface area (Å²) in [6, 6.07) is 16.9. The van der Waals surface area contributed by atoms with Crippen molar-refractivity contribution < 1.29 is 14.0 Å². The van der Waals surface area contributed by atoms with E-state index in [0.29, 0.717) is 16.4 Å². The molecule has 1 atom stereocenters. The van der Waals surface area contributed by atoms with Crippen LogP contribution >= 0.6 is 11.3 Å².